The summed E-state index contributed by atoms with van der Waals surface area (Å²) in [5.41, 5.74) is -0.787. The fourth-order valence-electron chi connectivity index (χ4n) is 2.49. The molecule has 1 aliphatic heterocycles. The third-order valence-corrected chi connectivity index (χ3v) is 3.62. The van der Waals surface area contributed by atoms with Crippen LogP contribution < -0.4 is 11.2 Å². The Labute approximate surface area is 128 Å². The lowest BCUT2D eigenvalue weighted by atomic mass is 10.1. The van der Waals surface area contributed by atoms with Crippen LogP contribution in [0.15, 0.2) is 27.2 Å². The fraction of sp³-hybridized carbons (Fsp3) is 0.533. The van der Waals surface area contributed by atoms with E-state index in [1.807, 2.05) is 6.92 Å². The fourth-order valence-corrected chi connectivity index (χ4v) is 2.49. The second-order valence-corrected chi connectivity index (χ2v) is 5.13. The lowest BCUT2D eigenvalue weighted by molar-refractivity contribution is 0.118. The summed E-state index contributed by atoms with van der Waals surface area (Å²) in [5.74, 6) is -0.374. The molecule has 120 valence electrons. The highest BCUT2D eigenvalue weighted by molar-refractivity contribution is 6.01. The molecule has 7 heteroatoms. The number of ether oxygens (including phenoxy) is 1. The summed E-state index contributed by atoms with van der Waals surface area (Å²) in [6, 6.07) is 0. The largest absolute Gasteiger partial charge is 0.494 e. The first-order chi connectivity index (χ1) is 10.6. The van der Waals surface area contributed by atoms with Gasteiger partial charge in [0.05, 0.1) is 18.4 Å². The van der Waals surface area contributed by atoms with Crippen molar-refractivity contribution in [1.82, 2.24) is 9.55 Å². The predicted molar refractivity (Wildman–Crippen MR) is 83.9 cm³/mol. The van der Waals surface area contributed by atoms with Crippen LogP contribution in [0.3, 0.4) is 0 Å². The number of nitrogens with zero attached hydrogens (tertiary/aromatic N) is 2. The van der Waals surface area contributed by atoms with Gasteiger partial charge in [0.25, 0.3) is 5.56 Å². The molecular formula is C15H21N3O4. The molecule has 0 amide bonds. The second kappa shape index (κ2) is 7.22. The van der Waals surface area contributed by atoms with Gasteiger partial charge in [0, 0.05) is 13.2 Å². The molecule has 2 rings (SSSR count). The summed E-state index contributed by atoms with van der Waals surface area (Å²) >= 11 is 0. The van der Waals surface area contributed by atoms with Crippen LogP contribution in [-0.4, -0.2) is 39.6 Å². The van der Waals surface area contributed by atoms with E-state index in [2.05, 4.69) is 16.6 Å². The summed E-state index contributed by atoms with van der Waals surface area (Å²) in [6.07, 6.45) is 3.95. The first-order valence-corrected chi connectivity index (χ1v) is 7.40. The van der Waals surface area contributed by atoms with Gasteiger partial charge in [-0.2, -0.15) is 0 Å². The standard InChI is InChI=1S/C15H21N3O4/c1-3-7-18-14(20)12(13(19)17-15(18)21)11(4-2)16-9-10-6-5-8-22-10/h3,10,20H,1,4-9H2,2H3,(H,17,19,21)/t10-/m1/s1. The Kier molecular flexibility index (Phi) is 5.32. The summed E-state index contributed by atoms with van der Waals surface area (Å²) in [5, 5.41) is 10.3. The minimum atomic E-state index is -0.666. The van der Waals surface area contributed by atoms with E-state index in [0.29, 0.717) is 18.7 Å². The van der Waals surface area contributed by atoms with Crippen molar-refractivity contribution in [1.29, 1.82) is 0 Å². The number of rotatable bonds is 6. The van der Waals surface area contributed by atoms with E-state index in [0.717, 1.165) is 24.0 Å². The zero-order chi connectivity index (χ0) is 16.1. The molecular weight excluding hydrogens is 286 g/mol. The van der Waals surface area contributed by atoms with E-state index < -0.39 is 11.2 Å². The molecule has 1 atom stereocenters. The average Bonchev–Trinajstić information content (AvgIpc) is 3.00. The quantitative estimate of drug-likeness (QED) is 0.600. The zero-order valence-electron chi connectivity index (χ0n) is 12.7. The molecule has 0 unspecified atom stereocenters. The molecule has 0 aromatic carbocycles. The Bertz CT molecular complexity index is 681. The van der Waals surface area contributed by atoms with Gasteiger partial charge in [-0.15, -0.1) is 6.58 Å². The number of nitrogens with one attached hydrogen (secondary N) is 1. The number of allylic oxidation sites excluding steroid dienone is 1. The predicted octanol–water partition coefficient (Wildman–Crippen LogP) is 0.806. The maximum Gasteiger partial charge on any atom is 0.331 e. The molecule has 0 radical (unpaired) electrons. The normalized spacial score (nSPS) is 18.6. The van der Waals surface area contributed by atoms with Gasteiger partial charge in [-0.05, 0) is 19.3 Å². The van der Waals surface area contributed by atoms with Gasteiger partial charge < -0.3 is 9.84 Å². The van der Waals surface area contributed by atoms with E-state index >= 15 is 0 Å². The summed E-state index contributed by atoms with van der Waals surface area (Å²) in [4.78, 5) is 30.4. The molecule has 1 aromatic rings. The van der Waals surface area contributed by atoms with Gasteiger partial charge in [-0.3, -0.25) is 19.3 Å². The SMILES string of the molecule is C=CCn1c(O)c(C(CC)=NC[C@H]2CCCO2)c(=O)[nH]c1=O. The van der Waals surface area contributed by atoms with Crippen molar-refractivity contribution in [2.75, 3.05) is 13.2 Å². The molecule has 0 bridgehead atoms. The lowest BCUT2D eigenvalue weighted by Crippen LogP contribution is -2.34. The molecule has 0 spiro atoms. The third kappa shape index (κ3) is 3.36. The molecule has 22 heavy (non-hydrogen) atoms. The van der Waals surface area contributed by atoms with Crippen LogP contribution in [0.4, 0.5) is 0 Å². The van der Waals surface area contributed by atoms with Crippen molar-refractivity contribution in [3.63, 3.8) is 0 Å². The molecule has 0 saturated carbocycles. The average molecular weight is 307 g/mol. The van der Waals surface area contributed by atoms with Crippen LogP contribution in [0.2, 0.25) is 0 Å². The molecule has 2 N–H and O–H groups in total. The molecule has 1 saturated heterocycles. The Morgan fingerprint density at radius 3 is 2.95 bits per heavy atom. The number of aliphatic imine (C=N–C) groups is 1. The number of aromatic nitrogens is 2. The van der Waals surface area contributed by atoms with Crippen molar-refractivity contribution in [3.8, 4) is 5.88 Å². The Morgan fingerprint density at radius 2 is 2.36 bits per heavy atom. The van der Waals surface area contributed by atoms with Crippen molar-refractivity contribution >= 4 is 5.71 Å². The minimum Gasteiger partial charge on any atom is -0.494 e. The summed E-state index contributed by atoms with van der Waals surface area (Å²) < 4.78 is 6.56. The van der Waals surface area contributed by atoms with Crippen LogP contribution in [0.1, 0.15) is 31.7 Å². The molecule has 7 nitrogen and oxygen atoms in total. The first-order valence-electron chi connectivity index (χ1n) is 7.40. The van der Waals surface area contributed by atoms with Gasteiger partial charge in [0.2, 0.25) is 5.88 Å². The highest BCUT2D eigenvalue weighted by Crippen LogP contribution is 2.16. The highest BCUT2D eigenvalue weighted by Gasteiger charge is 2.19. The van der Waals surface area contributed by atoms with Gasteiger partial charge in [-0.1, -0.05) is 13.0 Å². The summed E-state index contributed by atoms with van der Waals surface area (Å²) in [7, 11) is 0. The lowest BCUT2D eigenvalue weighted by Gasteiger charge is -2.12. The van der Waals surface area contributed by atoms with Crippen molar-refractivity contribution in [2.24, 2.45) is 4.99 Å². The maximum absolute atomic E-state index is 12.0. The molecule has 2 heterocycles. The van der Waals surface area contributed by atoms with E-state index in [1.54, 1.807) is 0 Å². The van der Waals surface area contributed by atoms with Crippen LogP contribution >= 0.6 is 0 Å². The number of H-pyrrole nitrogens is 1. The van der Waals surface area contributed by atoms with Crippen LogP contribution in [0, 0.1) is 0 Å². The van der Waals surface area contributed by atoms with E-state index in [-0.39, 0.29) is 24.1 Å². The third-order valence-electron chi connectivity index (χ3n) is 3.62. The molecule has 1 fully saturated rings. The maximum atomic E-state index is 12.0. The Balaban J connectivity index is 2.41. The number of aromatic hydroxyl groups is 1. The number of hydrogen-bond donors (Lipinski definition) is 2. The molecule has 0 aliphatic carbocycles. The van der Waals surface area contributed by atoms with Gasteiger partial charge in [0.1, 0.15) is 5.56 Å². The van der Waals surface area contributed by atoms with Gasteiger partial charge in [0.15, 0.2) is 0 Å². The zero-order valence-corrected chi connectivity index (χ0v) is 12.7. The highest BCUT2D eigenvalue weighted by atomic mass is 16.5. The van der Waals surface area contributed by atoms with E-state index in [9.17, 15) is 14.7 Å². The van der Waals surface area contributed by atoms with Crippen LogP contribution in [0.25, 0.3) is 0 Å². The second-order valence-electron chi connectivity index (χ2n) is 5.13. The van der Waals surface area contributed by atoms with Crippen molar-refractivity contribution in [3.05, 3.63) is 39.1 Å². The van der Waals surface area contributed by atoms with Gasteiger partial charge >= 0.3 is 5.69 Å². The van der Waals surface area contributed by atoms with E-state index in [4.69, 9.17) is 4.74 Å². The van der Waals surface area contributed by atoms with Crippen molar-refractivity contribution in [2.45, 2.75) is 38.8 Å². The Hall–Kier alpha value is -2.15. The smallest absolute Gasteiger partial charge is 0.331 e. The monoisotopic (exact) mass is 307 g/mol. The number of hydrogen-bond acceptors (Lipinski definition) is 5. The van der Waals surface area contributed by atoms with E-state index in [1.165, 1.54) is 6.08 Å². The van der Waals surface area contributed by atoms with Crippen LogP contribution in [-0.2, 0) is 11.3 Å². The van der Waals surface area contributed by atoms with Gasteiger partial charge in [-0.25, -0.2) is 4.79 Å². The number of aromatic amines is 1. The Morgan fingerprint density at radius 1 is 1.59 bits per heavy atom. The molecule has 1 aliphatic rings. The topological polar surface area (TPSA) is 96.7 Å². The van der Waals surface area contributed by atoms with Crippen LogP contribution in [0.5, 0.6) is 5.88 Å². The van der Waals surface area contributed by atoms with Crippen molar-refractivity contribution < 1.29 is 9.84 Å². The minimum absolute atomic E-state index is 0.0435. The molecule has 1 aromatic heterocycles. The first kappa shape index (κ1) is 16.2. The summed E-state index contributed by atoms with van der Waals surface area (Å²) in [6.45, 7) is 6.67.